The SMILES string of the molecule is C=C(C(C)=CC)C(C)=[N+](C)c1oc(C=CC)c(C)c1C. The molecule has 1 aromatic heterocycles. The van der Waals surface area contributed by atoms with Crippen LogP contribution in [0.5, 0.6) is 0 Å². The van der Waals surface area contributed by atoms with Crippen molar-refractivity contribution in [3.05, 3.63) is 46.8 Å². The van der Waals surface area contributed by atoms with Crippen molar-refractivity contribution < 1.29 is 8.99 Å². The molecule has 0 aliphatic heterocycles. The second-order valence-corrected chi connectivity index (χ2v) is 5.12. The molecule has 2 nitrogen and oxygen atoms in total. The summed E-state index contributed by atoms with van der Waals surface area (Å²) in [6, 6.07) is 0. The maximum Gasteiger partial charge on any atom is 0.376 e. The Bertz CT molecular complexity index is 610. The molecular formula is C18H26NO+. The van der Waals surface area contributed by atoms with Crippen molar-refractivity contribution in [2.75, 3.05) is 7.05 Å². The number of allylic oxidation sites excluding steroid dienone is 4. The maximum atomic E-state index is 5.99. The van der Waals surface area contributed by atoms with Crippen molar-refractivity contribution in [2.24, 2.45) is 0 Å². The highest BCUT2D eigenvalue weighted by Crippen LogP contribution is 2.29. The second-order valence-electron chi connectivity index (χ2n) is 5.12. The predicted molar refractivity (Wildman–Crippen MR) is 88.0 cm³/mol. The summed E-state index contributed by atoms with van der Waals surface area (Å²) in [6.07, 6.45) is 6.07. The molecule has 108 valence electrons. The van der Waals surface area contributed by atoms with Gasteiger partial charge in [-0.1, -0.05) is 18.7 Å². The summed E-state index contributed by atoms with van der Waals surface area (Å²) in [4.78, 5) is 0. The highest BCUT2D eigenvalue weighted by atomic mass is 16.4. The monoisotopic (exact) mass is 272 g/mol. The van der Waals surface area contributed by atoms with Crippen molar-refractivity contribution >= 4 is 17.7 Å². The van der Waals surface area contributed by atoms with E-state index in [4.69, 9.17) is 4.42 Å². The average molecular weight is 272 g/mol. The minimum absolute atomic E-state index is 0.887. The lowest BCUT2D eigenvalue weighted by atomic mass is 10.1. The topological polar surface area (TPSA) is 16.1 Å². The molecule has 1 rings (SSSR count). The van der Waals surface area contributed by atoms with Crippen LogP contribution in [-0.4, -0.2) is 17.3 Å². The van der Waals surface area contributed by atoms with Gasteiger partial charge in [0.2, 0.25) is 0 Å². The van der Waals surface area contributed by atoms with Gasteiger partial charge in [0.25, 0.3) is 0 Å². The van der Waals surface area contributed by atoms with Crippen LogP contribution in [0, 0.1) is 13.8 Å². The molecule has 2 heteroatoms. The Balaban J connectivity index is 3.37. The zero-order valence-corrected chi connectivity index (χ0v) is 13.8. The lowest BCUT2D eigenvalue weighted by Gasteiger charge is -2.04. The largest absolute Gasteiger partial charge is 0.405 e. The Morgan fingerprint density at radius 2 is 1.75 bits per heavy atom. The molecule has 0 saturated carbocycles. The van der Waals surface area contributed by atoms with Gasteiger partial charge in [0.15, 0.2) is 5.71 Å². The normalized spacial score (nSPS) is 13.8. The van der Waals surface area contributed by atoms with Crippen LogP contribution >= 0.6 is 0 Å². The number of rotatable bonds is 4. The summed E-state index contributed by atoms with van der Waals surface area (Å²) < 4.78 is 8.06. The molecule has 0 aliphatic rings. The molecular weight excluding hydrogens is 246 g/mol. The van der Waals surface area contributed by atoms with Crippen LogP contribution in [0.15, 0.2) is 34.3 Å². The molecule has 0 radical (unpaired) electrons. The summed E-state index contributed by atoms with van der Waals surface area (Å²) in [5.74, 6) is 1.81. The Hall–Kier alpha value is -1.83. The van der Waals surface area contributed by atoms with E-state index in [-0.39, 0.29) is 0 Å². The van der Waals surface area contributed by atoms with E-state index >= 15 is 0 Å². The first-order valence-electron chi connectivity index (χ1n) is 6.97. The van der Waals surface area contributed by atoms with Gasteiger partial charge in [-0.3, -0.25) is 0 Å². The zero-order chi connectivity index (χ0) is 15.4. The van der Waals surface area contributed by atoms with Gasteiger partial charge in [0, 0.05) is 18.1 Å². The van der Waals surface area contributed by atoms with E-state index < -0.39 is 0 Å². The quantitative estimate of drug-likeness (QED) is 0.419. The van der Waals surface area contributed by atoms with Gasteiger partial charge in [-0.25, -0.2) is 0 Å². The van der Waals surface area contributed by atoms with E-state index in [2.05, 4.69) is 44.9 Å². The molecule has 0 amide bonds. The molecule has 0 spiro atoms. The summed E-state index contributed by atoms with van der Waals surface area (Å²) >= 11 is 0. The van der Waals surface area contributed by atoms with E-state index in [0.717, 1.165) is 22.9 Å². The smallest absolute Gasteiger partial charge is 0.376 e. The third-order valence-electron chi connectivity index (χ3n) is 3.93. The molecule has 0 atom stereocenters. The summed E-state index contributed by atoms with van der Waals surface area (Å²) in [5.41, 5.74) is 5.68. The minimum Gasteiger partial charge on any atom is -0.405 e. The fraction of sp³-hybridized carbons (Fsp3) is 0.389. The van der Waals surface area contributed by atoms with Crippen molar-refractivity contribution in [1.82, 2.24) is 0 Å². The number of nitrogens with zero attached hydrogens (tertiary/aromatic N) is 1. The Morgan fingerprint density at radius 1 is 1.15 bits per heavy atom. The van der Waals surface area contributed by atoms with E-state index in [0.29, 0.717) is 0 Å². The first-order valence-corrected chi connectivity index (χ1v) is 6.97. The summed E-state index contributed by atoms with van der Waals surface area (Å²) in [7, 11) is 2.02. The van der Waals surface area contributed by atoms with Gasteiger partial charge in [0.05, 0.1) is 5.56 Å². The van der Waals surface area contributed by atoms with E-state index in [9.17, 15) is 0 Å². The van der Waals surface area contributed by atoms with Crippen molar-refractivity contribution in [1.29, 1.82) is 0 Å². The summed E-state index contributed by atoms with van der Waals surface area (Å²) in [6.45, 7) is 16.5. The van der Waals surface area contributed by atoms with Crippen molar-refractivity contribution in [3.63, 3.8) is 0 Å². The molecule has 20 heavy (non-hydrogen) atoms. The van der Waals surface area contributed by atoms with Gasteiger partial charge < -0.3 is 4.42 Å². The Kier molecular flexibility index (Phi) is 5.32. The third-order valence-corrected chi connectivity index (χ3v) is 3.93. The second kappa shape index (κ2) is 6.56. The molecule has 0 fully saturated rings. The van der Waals surface area contributed by atoms with Crippen LogP contribution in [0.4, 0.5) is 5.88 Å². The molecule has 1 aromatic rings. The third kappa shape index (κ3) is 3.01. The van der Waals surface area contributed by atoms with Crippen molar-refractivity contribution in [2.45, 2.75) is 41.5 Å². The highest BCUT2D eigenvalue weighted by molar-refractivity contribution is 5.98. The standard InChI is InChI=1S/C18H26NO/c1-9-11-17-14(5)15(6)18(20-17)19(8)16(7)13(4)12(3)10-2/h9-11H,4H2,1-3,5-8H3/q+1. The minimum atomic E-state index is 0.887. The number of furan rings is 1. The van der Waals surface area contributed by atoms with E-state index in [1.807, 2.05) is 33.0 Å². The first-order chi connectivity index (χ1) is 9.34. The van der Waals surface area contributed by atoms with Crippen LogP contribution in [0.25, 0.3) is 6.08 Å². The van der Waals surface area contributed by atoms with Gasteiger partial charge in [0.1, 0.15) is 12.8 Å². The lowest BCUT2D eigenvalue weighted by Crippen LogP contribution is -2.12. The number of hydrogen-bond donors (Lipinski definition) is 0. The molecule has 0 saturated heterocycles. The maximum absolute atomic E-state index is 5.99. The zero-order valence-electron chi connectivity index (χ0n) is 13.8. The van der Waals surface area contributed by atoms with E-state index in [1.54, 1.807) is 0 Å². The molecule has 0 aromatic carbocycles. The van der Waals surface area contributed by atoms with Gasteiger partial charge >= 0.3 is 5.88 Å². The highest BCUT2D eigenvalue weighted by Gasteiger charge is 2.22. The van der Waals surface area contributed by atoms with Crippen LogP contribution in [0.2, 0.25) is 0 Å². The first kappa shape index (κ1) is 16.2. The van der Waals surface area contributed by atoms with Crippen LogP contribution < -0.4 is 0 Å². The molecule has 0 aliphatic carbocycles. The predicted octanol–water partition coefficient (Wildman–Crippen LogP) is 5.19. The fourth-order valence-corrected chi connectivity index (χ4v) is 2.05. The van der Waals surface area contributed by atoms with Gasteiger partial charge in [-0.15, -0.1) is 0 Å². The van der Waals surface area contributed by atoms with Crippen molar-refractivity contribution in [3.8, 4) is 0 Å². The Labute approximate surface area is 122 Å². The summed E-state index contributed by atoms with van der Waals surface area (Å²) in [5, 5.41) is 0. The average Bonchev–Trinajstić information content (AvgIpc) is 2.72. The molecule has 0 N–H and O–H groups in total. The fourth-order valence-electron chi connectivity index (χ4n) is 2.05. The van der Waals surface area contributed by atoms with Crippen LogP contribution in [0.1, 0.15) is 44.6 Å². The van der Waals surface area contributed by atoms with Crippen LogP contribution in [-0.2, 0) is 0 Å². The number of hydrogen-bond acceptors (Lipinski definition) is 1. The van der Waals surface area contributed by atoms with E-state index in [1.165, 1.54) is 16.7 Å². The Morgan fingerprint density at radius 3 is 2.25 bits per heavy atom. The van der Waals surface area contributed by atoms with Crippen LogP contribution in [0.3, 0.4) is 0 Å². The molecule has 0 unspecified atom stereocenters. The molecule has 1 heterocycles. The van der Waals surface area contributed by atoms with Gasteiger partial charge in [-0.05, 0) is 46.3 Å². The molecule has 0 bridgehead atoms. The van der Waals surface area contributed by atoms with Gasteiger partial charge in [-0.2, -0.15) is 4.58 Å². The lowest BCUT2D eigenvalue weighted by molar-refractivity contribution is -0.421.